The van der Waals surface area contributed by atoms with Crippen molar-refractivity contribution in [2.75, 3.05) is 6.61 Å². The summed E-state index contributed by atoms with van der Waals surface area (Å²) in [6.07, 6.45) is -5.06. The lowest BCUT2D eigenvalue weighted by molar-refractivity contribution is -0.210. The van der Waals surface area contributed by atoms with E-state index in [-0.39, 0.29) is 29.5 Å². The number of nitrogens with zero attached hydrogens (tertiary/aromatic N) is 1. The van der Waals surface area contributed by atoms with Gasteiger partial charge < -0.3 is 23.8 Å². The Morgan fingerprint density at radius 3 is 1.66 bits per heavy atom. The topological polar surface area (TPSA) is 152 Å². The van der Waals surface area contributed by atoms with Gasteiger partial charge in [0.25, 0.3) is 11.8 Å². The molecule has 2 aliphatic heterocycles. The largest absolute Gasteiger partial charge is 0.459 e. The summed E-state index contributed by atoms with van der Waals surface area (Å²) in [5.41, 5.74) is 1.08. The first kappa shape index (κ1) is 33.0. The zero-order valence-electron chi connectivity index (χ0n) is 26.2. The summed E-state index contributed by atoms with van der Waals surface area (Å²) >= 11 is 0. The maximum Gasteiger partial charge on any atom is 0.365 e. The number of carbonyl (C=O) groups is 6. The van der Waals surface area contributed by atoms with Gasteiger partial charge in [-0.05, 0) is 64.1 Å². The number of hydrogen-bond acceptors (Lipinski definition) is 11. The number of ether oxygens (including phenoxy) is 4. The molecule has 0 bridgehead atoms. The van der Waals surface area contributed by atoms with Crippen molar-refractivity contribution in [1.29, 1.82) is 0 Å². The van der Waals surface area contributed by atoms with E-state index in [0.29, 0.717) is 5.06 Å². The molecular weight excluding hydrogens is 610 g/mol. The normalized spacial score (nSPS) is 22.1. The fraction of sp³-hybridized carbons (Fsp3) is 0.314. The second kappa shape index (κ2) is 13.6. The Kier molecular flexibility index (Phi) is 9.52. The van der Waals surface area contributed by atoms with Crippen molar-refractivity contribution in [3.05, 3.63) is 106 Å². The van der Waals surface area contributed by atoms with Crippen LogP contribution in [0.2, 0.25) is 0 Å². The van der Waals surface area contributed by atoms with Gasteiger partial charge in [-0.1, -0.05) is 53.1 Å². The van der Waals surface area contributed by atoms with E-state index >= 15 is 0 Å². The number of hydroxylamine groups is 2. The molecule has 2 heterocycles. The van der Waals surface area contributed by atoms with Crippen molar-refractivity contribution in [1.82, 2.24) is 5.06 Å². The van der Waals surface area contributed by atoms with E-state index in [4.69, 9.17) is 23.8 Å². The lowest BCUT2D eigenvalue weighted by Gasteiger charge is -2.33. The van der Waals surface area contributed by atoms with Crippen molar-refractivity contribution in [2.24, 2.45) is 0 Å². The SMILES string of the molecule is Cc1ccc(C(=O)OC[C@H]2O[C@@H](C(=O)ON3C(=O)CCC3=O)[C@](C)(OC(=O)c3ccc(C)cc3)[C@@H]2OC(=O)c2ccc(C)cc2)cc1. The van der Waals surface area contributed by atoms with Gasteiger partial charge >= 0.3 is 23.9 Å². The highest BCUT2D eigenvalue weighted by molar-refractivity contribution is 6.02. The molecule has 3 aromatic carbocycles. The Hall–Kier alpha value is -5.36. The highest BCUT2D eigenvalue weighted by Crippen LogP contribution is 2.39. The fourth-order valence-corrected chi connectivity index (χ4v) is 5.17. The number of rotatable bonds is 9. The van der Waals surface area contributed by atoms with Gasteiger partial charge in [-0.3, -0.25) is 9.59 Å². The molecule has 0 saturated carbocycles. The number of benzene rings is 3. The number of imide groups is 1. The Labute approximate surface area is 270 Å². The molecule has 0 aromatic heterocycles. The maximum atomic E-state index is 13.6. The van der Waals surface area contributed by atoms with Crippen LogP contribution in [-0.2, 0) is 38.2 Å². The lowest BCUT2D eigenvalue weighted by atomic mass is 9.91. The average Bonchev–Trinajstić information content (AvgIpc) is 3.50. The summed E-state index contributed by atoms with van der Waals surface area (Å²) in [6, 6.07) is 19.4. The summed E-state index contributed by atoms with van der Waals surface area (Å²) in [6.45, 7) is 6.29. The third-order valence-electron chi connectivity index (χ3n) is 7.92. The van der Waals surface area contributed by atoms with Crippen LogP contribution in [0.15, 0.2) is 72.8 Å². The van der Waals surface area contributed by atoms with Crippen LogP contribution >= 0.6 is 0 Å². The molecule has 12 nitrogen and oxygen atoms in total. The van der Waals surface area contributed by atoms with Crippen LogP contribution in [0, 0.1) is 20.8 Å². The van der Waals surface area contributed by atoms with E-state index in [1.165, 1.54) is 31.2 Å². The highest BCUT2D eigenvalue weighted by Gasteiger charge is 2.63. The second-order valence-electron chi connectivity index (χ2n) is 11.6. The Morgan fingerprint density at radius 2 is 1.17 bits per heavy atom. The molecular formula is C35H33NO11. The third-order valence-corrected chi connectivity index (χ3v) is 7.92. The molecule has 47 heavy (non-hydrogen) atoms. The van der Waals surface area contributed by atoms with Gasteiger partial charge in [-0.15, -0.1) is 5.06 Å². The molecule has 2 aliphatic rings. The van der Waals surface area contributed by atoms with Crippen LogP contribution in [0.5, 0.6) is 0 Å². The second-order valence-corrected chi connectivity index (χ2v) is 11.6. The summed E-state index contributed by atoms with van der Waals surface area (Å²) in [5, 5.41) is 0.325. The van der Waals surface area contributed by atoms with E-state index in [1.54, 1.807) is 48.5 Å². The predicted molar refractivity (Wildman–Crippen MR) is 163 cm³/mol. The Morgan fingerprint density at radius 1 is 0.723 bits per heavy atom. The van der Waals surface area contributed by atoms with Crippen LogP contribution < -0.4 is 0 Å². The lowest BCUT2D eigenvalue weighted by Crippen LogP contribution is -2.55. The minimum Gasteiger partial charge on any atom is -0.459 e. The molecule has 3 aromatic rings. The van der Waals surface area contributed by atoms with Crippen molar-refractivity contribution >= 4 is 35.7 Å². The van der Waals surface area contributed by atoms with Crippen LogP contribution in [-0.4, -0.2) is 71.3 Å². The molecule has 12 heteroatoms. The van der Waals surface area contributed by atoms with Crippen LogP contribution in [0.25, 0.3) is 0 Å². The first-order valence-electron chi connectivity index (χ1n) is 14.9. The van der Waals surface area contributed by atoms with Crippen LogP contribution in [0.1, 0.15) is 67.5 Å². The monoisotopic (exact) mass is 643 g/mol. The number of aryl methyl sites for hydroxylation is 3. The van der Waals surface area contributed by atoms with E-state index in [0.717, 1.165) is 16.7 Å². The molecule has 0 radical (unpaired) electrons. The first-order valence-corrected chi connectivity index (χ1v) is 14.9. The van der Waals surface area contributed by atoms with Crippen molar-refractivity contribution in [3.63, 3.8) is 0 Å². The van der Waals surface area contributed by atoms with E-state index in [2.05, 4.69) is 0 Å². The first-order chi connectivity index (χ1) is 22.4. The van der Waals surface area contributed by atoms with Gasteiger partial charge in [-0.2, -0.15) is 0 Å². The van der Waals surface area contributed by atoms with Gasteiger partial charge in [0, 0.05) is 12.8 Å². The van der Waals surface area contributed by atoms with Crippen molar-refractivity contribution < 1.29 is 52.6 Å². The number of hydrogen-bond donors (Lipinski definition) is 0. The number of carbonyl (C=O) groups excluding carboxylic acids is 6. The van der Waals surface area contributed by atoms with Crippen LogP contribution in [0.4, 0.5) is 0 Å². The Balaban J connectivity index is 1.50. The molecule has 0 spiro atoms. The molecule has 4 atom stereocenters. The average molecular weight is 644 g/mol. The summed E-state index contributed by atoms with van der Waals surface area (Å²) in [5.74, 6) is -5.22. The third kappa shape index (κ3) is 7.23. The summed E-state index contributed by atoms with van der Waals surface area (Å²) in [7, 11) is 0. The maximum absolute atomic E-state index is 13.6. The minimum atomic E-state index is -2.10. The highest BCUT2D eigenvalue weighted by atomic mass is 16.7. The molecule has 5 rings (SSSR count). The minimum absolute atomic E-state index is 0.117. The number of esters is 3. The molecule has 0 N–H and O–H groups in total. The zero-order chi connectivity index (χ0) is 33.9. The fourth-order valence-electron chi connectivity index (χ4n) is 5.17. The van der Waals surface area contributed by atoms with Gasteiger partial charge in [0.2, 0.25) is 6.10 Å². The Bertz CT molecular complexity index is 1680. The molecule has 2 amide bonds. The number of amides is 2. The van der Waals surface area contributed by atoms with Crippen LogP contribution in [0.3, 0.4) is 0 Å². The molecule has 2 saturated heterocycles. The predicted octanol–water partition coefficient (Wildman–Crippen LogP) is 3.98. The molecule has 2 fully saturated rings. The van der Waals surface area contributed by atoms with Gasteiger partial charge in [0.15, 0.2) is 11.7 Å². The molecule has 0 unspecified atom stereocenters. The summed E-state index contributed by atoms with van der Waals surface area (Å²) < 4.78 is 23.3. The quantitative estimate of drug-likeness (QED) is 0.189. The van der Waals surface area contributed by atoms with Gasteiger partial charge in [0.05, 0.1) is 16.7 Å². The van der Waals surface area contributed by atoms with E-state index in [1.807, 2.05) is 20.8 Å². The van der Waals surface area contributed by atoms with E-state index < -0.39 is 66.2 Å². The van der Waals surface area contributed by atoms with E-state index in [9.17, 15) is 28.8 Å². The smallest absolute Gasteiger partial charge is 0.365 e. The van der Waals surface area contributed by atoms with Gasteiger partial charge in [0.1, 0.15) is 12.7 Å². The standard InChI is InChI=1S/C35H33NO11/c1-20-5-11-23(12-6-20)31(39)43-19-26-29(45-32(40)24-13-7-21(2)8-14-24)35(4,46-33(41)25-15-9-22(3)10-16-25)30(44-26)34(42)47-36-27(37)17-18-28(36)38/h5-16,26,29-30H,17-19H2,1-4H3/t26-,29-,30+,35-/m1/s1. The molecule has 0 aliphatic carbocycles. The van der Waals surface area contributed by atoms with Crippen molar-refractivity contribution in [3.8, 4) is 0 Å². The summed E-state index contributed by atoms with van der Waals surface area (Å²) in [4.78, 5) is 83.1. The van der Waals surface area contributed by atoms with Gasteiger partial charge in [-0.25, -0.2) is 19.2 Å². The zero-order valence-corrected chi connectivity index (χ0v) is 26.2. The molecule has 244 valence electrons. The van der Waals surface area contributed by atoms with Crippen molar-refractivity contribution in [2.45, 2.75) is 64.4 Å².